The minimum absolute atomic E-state index is 0.0360. The van der Waals surface area contributed by atoms with E-state index in [1.165, 1.54) is 11.6 Å². The first-order chi connectivity index (χ1) is 12.7. The standard InChI is InChI=1S/C21H22N4O/c1-2-20(26)25-9-3-4-15(14-25)10-16-11-18-19(13-24-21(18)23-12-16)17-5-7-22-8-6-17/h2,5-8,11-13,15H,1,3-4,9-10,14H2,(H,23,24). The largest absolute Gasteiger partial charge is 0.346 e. The summed E-state index contributed by atoms with van der Waals surface area (Å²) in [5.74, 6) is 0.504. The molecule has 0 spiro atoms. The number of aromatic amines is 1. The van der Waals surface area contributed by atoms with E-state index in [0.29, 0.717) is 5.92 Å². The van der Waals surface area contributed by atoms with Crippen LogP contribution in [0.15, 0.2) is 55.6 Å². The van der Waals surface area contributed by atoms with E-state index in [9.17, 15) is 4.79 Å². The molecule has 3 aromatic heterocycles. The molecule has 1 N–H and O–H groups in total. The Kier molecular flexibility index (Phi) is 4.52. The second-order valence-electron chi connectivity index (χ2n) is 6.88. The molecule has 26 heavy (non-hydrogen) atoms. The summed E-state index contributed by atoms with van der Waals surface area (Å²) >= 11 is 0. The third-order valence-corrected chi connectivity index (χ3v) is 5.11. The van der Waals surface area contributed by atoms with Crippen LogP contribution in [0.4, 0.5) is 0 Å². The molecule has 1 saturated heterocycles. The summed E-state index contributed by atoms with van der Waals surface area (Å²) in [5.41, 5.74) is 4.38. The lowest BCUT2D eigenvalue weighted by atomic mass is 9.91. The van der Waals surface area contributed by atoms with Gasteiger partial charge in [0.1, 0.15) is 5.65 Å². The number of hydrogen-bond acceptors (Lipinski definition) is 3. The second-order valence-corrected chi connectivity index (χ2v) is 6.88. The summed E-state index contributed by atoms with van der Waals surface area (Å²) in [6.07, 6.45) is 12.1. The van der Waals surface area contributed by atoms with Gasteiger partial charge in [-0.25, -0.2) is 4.98 Å². The van der Waals surface area contributed by atoms with Crippen LogP contribution in [0.1, 0.15) is 18.4 Å². The molecule has 1 unspecified atom stereocenters. The average Bonchev–Trinajstić information content (AvgIpc) is 3.11. The van der Waals surface area contributed by atoms with E-state index < -0.39 is 0 Å². The highest BCUT2D eigenvalue weighted by molar-refractivity contribution is 5.93. The number of piperidine rings is 1. The van der Waals surface area contributed by atoms with Gasteiger partial charge in [0.2, 0.25) is 5.91 Å². The Morgan fingerprint density at radius 1 is 1.38 bits per heavy atom. The molecule has 4 rings (SSSR count). The van der Waals surface area contributed by atoms with E-state index in [1.54, 1.807) is 12.4 Å². The minimum Gasteiger partial charge on any atom is -0.346 e. The van der Waals surface area contributed by atoms with Gasteiger partial charge in [0.15, 0.2) is 0 Å². The van der Waals surface area contributed by atoms with E-state index in [2.05, 4.69) is 27.6 Å². The fraction of sp³-hybridized carbons (Fsp3) is 0.286. The zero-order valence-corrected chi connectivity index (χ0v) is 14.7. The average molecular weight is 346 g/mol. The summed E-state index contributed by atoms with van der Waals surface area (Å²) in [7, 11) is 0. The number of nitrogens with zero attached hydrogens (tertiary/aromatic N) is 3. The molecule has 0 aliphatic carbocycles. The Balaban J connectivity index is 1.58. The number of H-pyrrole nitrogens is 1. The normalized spacial score (nSPS) is 17.4. The van der Waals surface area contributed by atoms with E-state index in [4.69, 9.17) is 0 Å². The highest BCUT2D eigenvalue weighted by Gasteiger charge is 2.22. The molecule has 3 aromatic rings. The molecule has 5 nitrogen and oxygen atoms in total. The number of hydrogen-bond donors (Lipinski definition) is 1. The molecule has 1 amide bonds. The lowest BCUT2D eigenvalue weighted by Crippen LogP contribution is -2.39. The fourth-order valence-corrected chi connectivity index (χ4v) is 3.82. The van der Waals surface area contributed by atoms with Gasteiger partial charge in [0.25, 0.3) is 0 Å². The highest BCUT2D eigenvalue weighted by Crippen LogP contribution is 2.29. The number of rotatable bonds is 4. The molecule has 1 fully saturated rings. The van der Waals surface area contributed by atoms with Crippen LogP contribution in [0.3, 0.4) is 0 Å². The summed E-state index contributed by atoms with van der Waals surface area (Å²) in [6.45, 7) is 5.24. The number of aromatic nitrogens is 3. The van der Waals surface area contributed by atoms with Crippen LogP contribution in [0, 0.1) is 5.92 Å². The van der Waals surface area contributed by atoms with Gasteiger partial charge in [0, 0.05) is 48.8 Å². The van der Waals surface area contributed by atoms with Crippen molar-refractivity contribution in [3.8, 4) is 11.1 Å². The Hall–Kier alpha value is -2.95. The van der Waals surface area contributed by atoms with E-state index in [0.717, 1.165) is 54.5 Å². The van der Waals surface area contributed by atoms with E-state index >= 15 is 0 Å². The molecule has 1 atom stereocenters. The number of amides is 1. The number of nitrogens with one attached hydrogen (secondary N) is 1. The van der Waals surface area contributed by atoms with Crippen LogP contribution in [-0.4, -0.2) is 38.8 Å². The molecule has 1 aliphatic heterocycles. The van der Waals surface area contributed by atoms with Gasteiger partial charge in [-0.05, 0) is 60.6 Å². The van der Waals surface area contributed by atoms with E-state index in [1.807, 2.05) is 29.4 Å². The van der Waals surface area contributed by atoms with Crippen LogP contribution in [0.2, 0.25) is 0 Å². The second kappa shape index (κ2) is 7.12. The summed E-state index contributed by atoms with van der Waals surface area (Å²) < 4.78 is 0. The Morgan fingerprint density at radius 2 is 2.23 bits per heavy atom. The topological polar surface area (TPSA) is 61.9 Å². The number of fused-ring (bicyclic) bond motifs is 1. The van der Waals surface area contributed by atoms with Crippen molar-refractivity contribution in [2.24, 2.45) is 5.92 Å². The molecule has 1 aliphatic rings. The Bertz CT molecular complexity index is 932. The first-order valence-electron chi connectivity index (χ1n) is 9.02. The lowest BCUT2D eigenvalue weighted by Gasteiger charge is -2.32. The third-order valence-electron chi connectivity index (χ3n) is 5.11. The van der Waals surface area contributed by atoms with Gasteiger partial charge in [-0.1, -0.05) is 6.58 Å². The lowest BCUT2D eigenvalue weighted by molar-refractivity contribution is -0.127. The van der Waals surface area contributed by atoms with Gasteiger partial charge in [0.05, 0.1) is 0 Å². The smallest absolute Gasteiger partial charge is 0.245 e. The SMILES string of the molecule is C=CC(=O)N1CCCC(Cc2cnc3[nH]cc(-c4ccncc4)c3c2)C1. The maximum Gasteiger partial charge on any atom is 0.245 e. The van der Waals surface area contributed by atoms with E-state index in [-0.39, 0.29) is 5.91 Å². The van der Waals surface area contributed by atoms with Gasteiger partial charge in [-0.3, -0.25) is 9.78 Å². The molecule has 5 heteroatoms. The predicted molar refractivity (Wildman–Crippen MR) is 103 cm³/mol. The zero-order chi connectivity index (χ0) is 17.9. The molecule has 4 heterocycles. The van der Waals surface area contributed by atoms with Crippen molar-refractivity contribution < 1.29 is 4.79 Å². The number of carbonyl (C=O) groups is 1. The summed E-state index contributed by atoms with van der Waals surface area (Å²) in [6, 6.07) is 6.24. The number of likely N-dealkylation sites (tertiary alicyclic amines) is 1. The zero-order valence-electron chi connectivity index (χ0n) is 14.7. The first kappa shape index (κ1) is 16.5. The summed E-state index contributed by atoms with van der Waals surface area (Å²) in [4.78, 5) is 25.7. The molecular weight excluding hydrogens is 324 g/mol. The molecule has 0 saturated carbocycles. The number of carbonyl (C=O) groups excluding carboxylic acids is 1. The molecule has 132 valence electrons. The molecule has 0 radical (unpaired) electrons. The first-order valence-corrected chi connectivity index (χ1v) is 9.02. The number of pyridine rings is 2. The van der Waals surface area contributed by atoms with Crippen molar-refractivity contribution in [3.05, 3.63) is 61.2 Å². The van der Waals surface area contributed by atoms with Crippen LogP contribution in [0.5, 0.6) is 0 Å². The van der Waals surface area contributed by atoms with Crippen molar-refractivity contribution in [2.45, 2.75) is 19.3 Å². The van der Waals surface area contributed by atoms with Gasteiger partial charge in [-0.15, -0.1) is 0 Å². The fourth-order valence-electron chi connectivity index (χ4n) is 3.82. The van der Waals surface area contributed by atoms with Gasteiger partial charge >= 0.3 is 0 Å². The molecule has 0 bridgehead atoms. The van der Waals surface area contributed by atoms with Crippen molar-refractivity contribution in [1.29, 1.82) is 0 Å². The highest BCUT2D eigenvalue weighted by atomic mass is 16.2. The quantitative estimate of drug-likeness (QED) is 0.734. The van der Waals surface area contributed by atoms with Crippen LogP contribution in [0.25, 0.3) is 22.2 Å². The molecular formula is C21H22N4O. The monoisotopic (exact) mass is 346 g/mol. The predicted octanol–water partition coefficient (Wildman–Crippen LogP) is 3.59. The Labute approximate surface area is 152 Å². The maximum atomic E-state index is 11.9. The van der Waals surface area contributed by atoms with Crippen molar-refractivity contribution >= 4 is 16.9 Å². The van der Waals surface area contributed by atoms with Crippen molar-refractivity contribution in [1.82, 2.24) is 19.9 Å². The van der Waals surface area contributed by atoms with Crippen LogP contribution in [-0.2, 0) is 11.2 Å². The summed E-state index contributed by atoms with van der Waals surface area (Å²) in [5, 5.41) is 1.13. The minimum atomic E-state index is 0.0360. The molecule has 0 aromatic carbocycles. The van der Waals surface area contributed by atoms with Crippen LogP contribution < -0.4 is 0 Å². The van der Waals surface area contributed by atoms with Crippen molar-refractivity contribution in [3.63, 3.8) is 0 Å². The Morgan fingerprint density at radius 3 is 3.04 bits per heavy atom. The van der Waals surface area contributed by atoms with Gasteiger partial charge in [-0.2, -0.15) is 0 Å². The van der Waals surface area contributed by atoms with Gasteiger partial charge < -0.3 is 9.88 Å². The van der Waals surface area contributed by atoms with Crippen molar-refractivity contribution in [2.75, 3.05) is 13.1 Å². The maximum absolute atomic E-state index is 11.9. The van der Waals surface area contributed by atoms with Crippen LogP contribution >= 0.6 is 0 Å². The third kappa shape index (κ3) is 3.25.